The molecule has 20 heavy (non-hydrogen) atoms. The fourth-order valence-corrected chi connectivity index (χ4v) is 3.04. The zero-order valence-electron chi connectivity index (χ0n) is 12.2. The van der Waals surface area contributed by atoms with Crippen molar-refractivity contribution in [2.45, 2.75) is 32.4 Å². The highest BCUT2D eigenvalue weighted by Gasteiger charge is 2.26. The topological polar surface area (TPSA) is 29.3 Å². The molecule has 0 radical (unpaired) electrons. The second-order valence-corrected chi connectivity index (χ2v) is 5.85. The van der Waals surface area contributed by atoms with E-state index in [4.69, 9.17) is 5.73 Å². The van der Waals surface area contributed by atoms with Crippen LogP contribution in [-0.2, 0) is 6.42 Å². The van der Waals surface area contributed by atoms with Crippen LogP contribution >= 0.6 is 0 Å². The number of anilines is 1. The van der Waals surface area contributed by atoms with Crippen molar-refractivity contribution in [2.75, 3.05) is 11.4 Å². The van der Waals surface area contributed by atoms with Crippen LogP contribution in [0.4, 0.5) is 5.69 Å². The third-order valence-electron chi connectivity index (χ3n) is 4.25. The van der Waals surface area contributed by atoms with Crippen LogP contribution in [0.5, 0.6) is 0 Å². The molecule has 2 aromatic carbocycles. The van der Waals surface area contributed by atoms with E-state index in [1.54, 1.807) is 0 Å². The summed E-state index contributed by atoms with van der Waals surface area (Å²) in [6.45, 7) is 5.26. The Bertz CT molecular complexity index is 589. The van der Waals surface area contributed by atoms with Gasteiger partial charge in [0, 0.05) is 24.3 Å². The van der Waals surface area contributed by atoms with E-state index in [9.17, 15) is 0 Å². The number of aryl methyl sites for hydroxylation is 1. The minimum Gasteiger partial charge on any atom is -0.366 e. The Morgan fingerprint density at radius 3 is 2.60 bits per heavy atom. The van der Waals surface area contributed by atoms with Crippen molar-refractivity contribution in [3.05, 3.63) is 65.2 Å². The number of nitrogens with two attached hydrogens (primary N) is 1. The maximum Gasteiger partial charge on any atom is 0.0473 e. The second-order valence-electron chi connectivity index (χ2n) is 5.85. The average Bonchev–Trinajstić information content (AvgIpc) is 2.76. The van der Waals surface area contributed by atoms with Crippen molar-refractivity contribution in [1.82, 2.24) is 0 Å². The van der Waals surface area contributed by atoms with Gasteiger partial charge in [0.25, 0.3) is 0 Å². The lowest BCUT2D eigenvalue weighted by molar-refractivity contribution is 0.609. The first-order valence-corrected chi connectivity index (χ1v) is 7.32. The van der Waals surface area contributed by atoms with E-state index >= 15 is 0 Å². The Kier molecular flexibility index (Phi) is 3.49. The summed E-state index contributed by atoms with van der Waals surface area (Å²) < 4.78 is 0. The van der Waals surface area contributed by atoms with Gasteiger partial charge in [-0.2, -0.15) is 0 Å². The summed E-state index contributed by atoms with van der Waals surface area (Å²) in [6.07, 6.45) is 1.12. The molecule has 2 unspecified atom stereocenters. The Balaban J connectivity index is 1.79. The minimum absolute atomic E-state index is 0.0595. The highest BCUT2D eigenvalue weighted by molar-refractivity contribution is 5.59. The quantitative estimate of drug-likeness (QED) is 0.922. The highest BCUT2D eigenvalue weighted by atomic mass is 15.2. The van der Waals surface area contributed by atoms with E-state index in [-0.39, 0.29) is 6.04 Å². The van der Waals surface area contributed by atoms with Gasteiger partial charge in [0.1, 0.15) is 0 Å². The predicted octanol–water partition coefficient (Wildman–Crippen LogP) is 3.45. The summed E-state index contributed by atoms with van der Waals surface area (Å²) in [6, 6.07) is 17.8. The molecule has 0 saturated heterocycles. The van der Waals surface area contributed by atoms with Crippen LogP contribution in [-0.4, -0.2) is 12.6 Å². The van der Waals surface area contributed by atoms with E-state index in [0.29, 0.717) is 6.04 Å². The molecule has 104 valence electrons. The van der Waals surface area contributed by atoms with Crippen molar-refractivity contribution in [2.24, 2.45) is 5.73 Å². The van der Waals surface area contributed by atoms with E-state index < -0.39 is 0 Å². The normalized spacial score (nSPS) is 18.9. The van der Waals surface area contributed by atoms with Crippen LogP contribution in [0.1, 0.15) is 29.7 Å². The Labute approximate surface area is 121 Å². The SMILES string of the molecule is Cc1ccc(C(N)CN2c3ccccc3CC2C)cc1. The Morgan fingerprint density at radius 2 is 1.85 bits per heavy atom. The highest BCUT2D eigenvalue weighted by Crippen LogP contribution is 2.32. The molecule has 1 heterocycles. The molecule has 2 heteroatoms. The van der Waals surface area contributed by atoms with Crippen molar-refractivity contribution < 1.29 is 0 Å². The lowest BCUT2D eigenvalue weighted by atomic mass is 10.1. The third-order valence-corrected chi connectivity index (χ3v) is 4.25. The van der Waals surface area contributed by atoms with E-state index in [0.717, 1.165) is 13.0 Å². The number of hydrogen-bond acceptors (Lipinski definition) is 2. The summed E-state index contributed by atoms with van der Waals surface area (Å²) in [4.78, 5) is 2.44. The average molecular weight is 266 g/mol. The van der Waals surface area contributed by atoms with Crippen molar-refractivity contribution >= 4 is 5.69 Å². The number of fused-ring (bicyclic) bond motifs is 1. The summed E-state index contributed by atoms with van der Waals surface area (Å²) in [5.41, 5.74) is 11.7. The minimum atomic E-state index is 0.0595. The molecule has 2 aromatic rings. The first-order valence-electron chi connectivity index (χ1n) is 7.32. The van der Waals surface area contributed by atoms with Gasteiger partial charge in [-0.05, 0) is 37.5 Å². The number of para-hydroxylation sites is 1. The monoisotopic (exact) mass is 266 g/mol. The molecule has 2 N–H and O–H groups in total. The molecule has 3 rings (SSSR count). The standard InChI is InChI=1S/C18H22N2/c1-13-7-9-15(10-8-13)17(19)12-20-14(2)11-16-5-3-4-6-18(16)20/h3-10,14,17H,11-12,19H2,1-2H3. The molecular weight excluding hydrogens is 244 g/mol. The van der Waals surface area contributed by atoms with Gasteiger partial charge in [0.2, 0.25) is 0 Å². The second kappa shape index (κ2) is 5.29. The van der Waals surface area contributed by atoms with Crippen LogP contribution in [0.15, 0.2) is 48.5 Å². The molecule has 1 aliphatic heterocycles. The molecule has 0 aliphatic carbocycles. The lowest BCUT2D eigenvalue weighted by Crippen LogP contribution is -2.36. The van der Waals surface area contributed by atoms with Crippen LogP contribution in [0.3, 0.4) is 0 Å². The summed E-state index contributed by atoms with van der Waals surface area (Å²) >= 11 is 0. The van der Waals surface area contributed by atoms with E-state index in [1.807, 2.05) is 0 Å². The van der Waals surface area contributed by atoms with Gasteiger partial charge in [-0.25, -0.2) is 0 Å². The van der Waals surface area contributed by atoms with Crippen molar-refractivity contribution in [1.29, 1.82) is 0 Å². The summed E-state index contributed by atoms with van der Waals surface area (Å²) in [5, 5.41) is 0. The maximum absolute atomic E-state index is 6.40. The van der Waals surface area contributed by atoms with E-state index in [1.165, 1.54) is 22.4 Å². The summed E-state index contributed by atoms with van der Waals surface area (Å²) in [7, 11) is 0. The molecule has 1 aliphatic rings. The number of hydrogen-bond donors (Lipinski definition) is 1. The molecular formula is C18H22N2. The first kappa shape index (κ1) is 13.2. The molecule has 0 amide bonds. The first-order chi connectivity index (χ1) is 9.65. The Morgan fingerprint density at radius 1 is 1.15 bits per heavy atom. The summed E-state index contributed by atoms with van der Waals surface area (Å²) in [5.74, 6) is 0. The maximum atomic E-state index is 6.40. The van der Waals surface area contributed by atoms with Gasteiger partial charge in [-0.1, -0.05) is 48.0 Å². The Hall–Kier alpha value is -1.80. The molecule has 0 spiro atoms. The van der Waals surface area contributed by atoms with Crippen LogP contribution in [0, 0.1) is 6.92 Å². The van der Waals surface area contributed by atoms with Crippen LogP contribution in [0.25, 0.3) is 0 Å². The van der Waals surface area contributed by atoms with Crippen LogP contribution < -0.4 is 10.6 Å². The van der Waals surface area contributed by atoms with Gasteiger partial charge < -0.3 is 10.6 Å². The van der Waals surface area contributed by atoms with Gasteiger partial charge in [-0.15, -0.1) is 0 Å². The third kappa shape index (κ3) is 2.44. The van der Waals surface area contributed by atoms with Crippen LogP contribution in [0.2, 0.25) is 0 Å². The number of nitrogens with zero attached hydrogens (tertiary/aromatic N) is 1. The molecule has 2 nitrogen and oxygen atoms in total. The smallest absolute Gasteiger partial charge is 0.0473 e. The molecule has 0 aromatic heterocycles. The number of benzene rings is 2. The molecule has 2 atom stereocenters. The molecule has 0 bridgehead atoms. The van der Waals surface area contributed by atoms with Gasteiger partial charge in [-0.3, -0.25) is 0 Å². The lowest BCUT2D eigenvalue weighted by Gasteiger charge is -2.28. The molecule has 0 fully saturated rings. The fraction of sp³-hybridized carbons (Fsp3) is 0.333. The van der Waals surface area contributed by atoms with Gasteiger partial charge in [0.05, 0.1) is 0 Å². The largest absolute Gasteiger partial charge is 0.366 e. The van der Waals surface area contributed by atoms with Gasteiger partial charge in [0.15, 0.2) is 0 Å². The zero-order valence-corrected chi connectivity index (χ0v) is 12.2. The van der Waals surface area contributed by atoms with E-state index in [2.05, 4.69) is 67.3 Å². The van der Waals surface area contributed by atoms with Crippen molar-refractivity contribution in [3.63, 3.8) is 0 Å². The predicted molar refractivity (Wildman–Crippen MR) is 85.1 cm³/mol. The molecule has 0 saturated carbocycles. The fourth-order valence-electron chi connectivity index (χ4n) is 3.04. The van der Waals surface area contributed by atoms with Crippen molar-refractivity contribution in [3.8, 4) is 0 Å². The number of rotatable bonds is 3. The van der Waals surface area contributed by atoms with Gasteiger partial charge >= 0.3 is 0 Å². The zero-order chi connectivity index (χ0) is 14.1.